The van der Waals surface area contributed by atoms with Crippen LogP contribution in [0, 0.1) is 6.92 Å². The average molecular weight is 296 g/mol. The van der Waals surface area contributed by atoms with E-state index in [-0.39, 0.29) is 18.7 Å². The Balaban J connectivity index is 1.85. The van der Waals surface area contributed by atoms with Gasteiger partial charge in [-0.2, -0.15) is 0 Å². The second kappa shape index (κ2) is 5.79. The van der Waals surface area contributed by atoms with Crippen molar-refractivity contribution < 1.29 is 18.4 Å². The molecule has 0 bridgehead atoms. The van der Waals surface area contributed by atoms with Crippen molar-refractivity contribution in [2.75, 3.05) is 0 Å². The van der Waals surface area contributed by atoms with Crippen molar-refractivity contribution in [3.63, 3.8) is 0 Å². The highest BCUT2D eigenvalue weighted by molar-refractivity contribution is 5.97. The molecule has 1 saturated carbocycles. The first kappa shape index (κ1) is 15.4. The van der Waals surface area contributed by atoms with E-state index in [9.17, 15) is 18.4 Å². The molecule has 0 radical (unpaired) electrons. The van der Waals surface area contributed by atoms with Gasteiger partial charge < -0.3 is 10.6 Å². The third-order valence-electron chi connectivity index (χ3n) is 3.46. The zero-order valence-electron chi connectivity index (χ0n) is 12.0. The Hall–Kier alpha value is -1.98. The molecule has 2 rings (SSSR count). The number of carbonyl (C=O) groups is 2. The highest BCUT2D eigenvalue weighted by Crippen LogP contribution is 2.37. The number of rotatable bonds is 4. The van der Waals surface area contributed by atoms with Crippen molar-refractivity contribution in [1.82, 2.24) is 10.6 Å². The Kier molecular flexibility index (Phi) is 4.25. The van der Waals surface area contributed by atoms with Gasteiger partial charge in [0.15, 0.2) is 0 Å². The van der Waals surface area contributed by atoms with E-state index < -0.39 is 23.9 Å². The number of amides is 2. The van der Waals surface area contributed by atoms with Crippen LogP contribution in [0.15, 0.2) is 24.3 Å². The van der Waals surface area contributed by atoms with E-state index in [1.807, 2.05) is 13.0 Å². The van der Waals surface area contributed by atoms with Crippen molar-refractivity contribution >= 4 is 11.8 Å². The predicted molar refractivity (Wildman–Crippen MR) is 74.2 cm³/mol. The Labute approximate surface area is 121 Å². The summed E-state index contributed by atoms with van der Waals surface area (Å²) in [5.74, 6) is -3.48. The van der Waals surface area contributed by atoms with Crippen molar-refractivity contribution in [1.29, 1.82) is 0 Å². The number of alkyl halides is 2. The molecule has 0 aliphatic heterocycles. The molecule has 1 unspecified atom stereocenters. The zero-order chi connectivity index (χ0) is 15.6. The maximum absolute atomic E-state index is 12.7. The van der Waals surface area contributed by atoms with Crippen LogP contribution in [0.1, 0.15) is 35.7 Å². The molecule has 0 aromatic heterocycles. The molecule has 1 aromatic rings. The molecule has 2 N–H and O–H groups in total. The van der Waals surface area contributed by atoms with Crippen molar-refractivity contribution in [3.8, 4) is 0 Å². The predicted octanol–water partition coefficient (Wildman–Crippen LogP) is 2.03. The van der Waals surface area contributed by atoms with Crippen LogP contribution in [0.4, 0.5) is 8.78 Å². The highest BCUT2D eigenvalue weighted by Gasteiger charge is 2.46. The van der Waals surface area contributed by atoms with Crippen LogP contribution < -0.4 is 10.6 Å². The Morgan fingerprint density at radius 2 is 2.00 bits per heavy atom. The number of nitrogens with one attached hydrogen (secondary N) is 2. The van der Waals surface area contributed by atoms with Crippen molar-refractivity contribution in [3.05, 3.63) is 35.4 Å². The number of aryl methyl sites for hydroxylation is 1. The molecule has 1 aliphatic carbocycles. The first-order valence-electron chi connectivity index (χ1n) is 6.82. The van der Waals surface area contributed by atoms with Crippen molar-refractivity contribution in [2.24, 2.45) is 0 Å². The zero-order valence-corrected chi connectivity index (χ0v) is 12.0. The van der Waals surface area contributed by atoms with Gasteiger partial charge in [0.1, 0.15) is 6.04 Å². The van der Waals surface area contributed by atoms with Crippen molar-refractivity contribution in [2.45, 2.75) is 44.7 Å². The quantitative estimate of drug-likeness (QED) is 0.893. The lowest BCUT2D eigenvalue weighted by atomic mass is 9.88. The fraction of sp³-hybridized carbons (Fsp3) is 0.467. The standard InChI is InChI=1S/C15H18F2N2O2/c1-9-4-3-5-11(6-9)14(21)18-10(2)13(20)19-12-7-15(16,17)8-12/h3-6,10,12H,7-8H2,1-2H3,(H,18,21)(H,19,20). The molecule has 0 saturated heterocycles. The lowest BCUT2D eigenvalue weighted by Gasteiger charge is -2.35. The molecule has 0 heterocycles. The summed E-state index contributed by atoms with van der Waals surface area (Å²) in [6, 6.07) is 5.71. The molecule has 1 aromatic carbocycles. The van der Waals surface area contributed by atoms with Gasteiger partial charge in [-0.15, -0.1) is 0 Å². The van der Waals surface area contributed by atoms with Crippen LogP contribution >= 0.6 is 0 Å². The number of halogens is 2. The first-order chi connectivity index (χ1) is 9.77. The number of hydrogen-bond acceptors (Lipinski definition) is 2. The van der Waals surface area contributed by atoms with Gasteiger partial charge in [0, 0.05) is 24.4 Å². The minimum absolute atomic E-state index is 0.336. The van der Waals surface area contributed by atoms with Crippen LogP contribution in [0.25, 0.3) is 0 Å². The molecular weight excluding hydrogens is 278 g/mol. The van der Waals surface area contributed by atoms with Crippen LogP contribution in [0.3, 0.4) is 0 Å². The molecule has 21 heavy (non-hydrogen) atoms. The normalized spacial score (nSPS) is 18.5. The van der Waals surface area contributed by atoms with E-state index in [2.05, 4.69) is 10.6 Å². The lowest BCUT2D eigenvalue weighted by Crippen LogP contribution is -2.55. The van der Waals surface area contributed by atoms with Gasteiger partial charge in [0.25, 0.3) is 11.8 Å². The van der Waals surface area contributed by atoms with Crippen LogP contribution in [-0.2, 0) is 4.79 Å². The second-order valence-electron chi connectivity index (χ2n) is 5.53. The Morgan fingerprint density at radius 3 is 2.57 bits per heavy atom. The number of carbonyl (C=O) groups excluding carboxylic acids is 2. The van der Waals surface area contributed by atoms with E-state index in [1.165, 1.54) is 6.92 Å². The topological polar surface area (TPSA) is 58.2 Å². The fourth-order valence-corrected chi connectivity index (χ4v) is 2.22. The summed E-state index contributed by atoms with van der Waals surface area (Å²) >= 11 is 0. The third kappa shape index (κ3) is 4.00. The maximum Gasteiger partial charge on any atom is 0.252 e. The lowest BCUT2D eigenvalue weighted by molar-refractivity contribution is -0.130. The second-order valence-corrected chi connectivity index (χ2v) is 5.53. The smallest absolute Gasteiger partial charge is 0.252 e. The summed E-state index contributed by atoms with van der Waals surface area (Å²) in [5, 5.41) is 5.07. The minimum Gasteiger partial charge on any atom is -0.351 e. The molecule has 1 fully saturated rings. The van der Waals surface area contributed by atoms with Gasteiger partial charge in [-0.1, -0.05) is 17.7 Å². The molecule has 0 spiro atoms. The minimum atomic E-state index is -2.67. The van der Waals surface area contributed by atoms with Crippen LogP contribution in [0.2, 0.25) is 0 Å². The number of hydrogen-bond donors (Lipinski definition) is 2. The summed E-state index contributed by atoms with van der Waals surface area (Å²) in [6.45, 7) is 3.39. The van der Waals surface area contributed by atoms with E-state index in [4.69, 9.17) is 0 Å². The highest BCUT2D eigenvalue weighted by atomic mass is 19.3. The molecule has 1 atom stereocenters. The summed E-state index contributed by atoms with van der Waals surface area (Å²) < 4.78 is 25.4. The van der Waals surface area contributed by atoms with Gasteiger partial charge in [-0.3, -0.25) is 9.59 Å². The van der Waals surface area contributed by atoms with E-state index in [1.54, 1.807) is 18.2 Å². The van der Waals surface area contributed by atoms with Gasteiger partial charge in [-0.05, 0) is 26.0 Å². The van der Waals surface area contributed by atoms with Gasteiger partial charge in [-0.25, -0.2) is 8.78 Å². The molecule has 2 amide bonds. The summed E-state index contributed by atoms with van der Waals surface area (Å²) in [6.07, 6.45) is -0.672. The average Bonchev–Trinajstić information content (AvgIpc) is 2.36. The molecule has 1 aliphatic rings. The summed E-state index contributed by atoms with van der Waals surface area (Å²) in [4.78, 5) is 23.8. The summed E-state index contributed by atoms with van der Waals surface area (Å²) in [5.41, 5.74) is 1.40. The largest absolute Gasteiger partial charge is 0.351 e. The van der Waals surface area contributed by atoms with Gasteiger partial charge >= 0.3 is 0 Å². The molecule has 6 heteroatoms. The SMILES string of the molecule is Cc1cccc(C(=O)NC(C)C(=O)NC2CC(F)(F)C2)c1. The summed E-state index contributed by atoms with van der Waals surface area (Å²) in [7, 11) is 0. The monoisotopic (exact) mass is 296 g/mol. The van der Waals surface area contributed by atoms with E-state index in [0.29, 0.717) is 5.56 Å². The van der Waals surface area contributed by atoms with Crippen LogP contribution in [-0.4, -0.2) is 29.8 Å². The maximum atomic E-state index is 12.7. The van der Waals surface area contributed by atoms with Crippen LogP contribution in [0.5, 0.6) is 0 Å². The Bertz CT molecular complexity index is 552. The molecular formula is C15H18F2N2O2. The number of benzene rings is 1. The third-order valence-corrected chi connectivity index (χ3v) is 3.46. The van der Waals surface area contributed by atoms with Gasteiger partial charge in [0.05, 0.1) is 0 Å². The first-order valence-corrected chi connectivity index (χ1v) is 6.82. The van der Waals surface area contributed by atoms with E-state index in [0.717, 1.165) is 5.56 Å². The van der Waals surface area contributed by atoms with E-state index >= 15 is 0 Å². The molecule has 114 valence electrons. The van der Waals surface area contributed by atoms with Gasteiger partial charge in [0.2, 0.25) is 5.91 Å². The Morgan fingerprint density at radius 1 is 1.33 bits per heavy atom. The molecule has 4 nitrogen and oxygen atoms in total. The fourth-order valence-electron chi connectivity index (χ4n) is 2.22.